The van der Waals surface area contributed by atoms with Crippen LogP contribution in [0, 0.1) is 0 Å². The Morgan fingerprint density at radius 3 is 2.82 bits per heavy atom. The van der Waals surface area contributed by atoms with E-state index in [0.717, 1.165) is 0 Å². The zero-order valence-electron chi connectivity index (χ0n) is 5.86. The number of ketones is 1. The average Bonchev–Trinajstić information content (AvgIpc) is 2.03. The molecule has 3 nitrogen and oxygen atoms in total. The molecule has 0 aliphatic heterocycles. The molecule has 1 N–H and O–H groups in total. The van der Waals surface area contributed by atoms with Crippen molar-refractivity contribution < 1.29 is 14.6 Å². The molecule has 0 heterocycles. The van der Waals surface area contributed by atoms with E-state index in [1.807, 2.05) is 0 Å². The minimum atomic E-state index is -0.408. The molecule has 0 bridgehead atoms. The van der Waals surface area contributed by atoms with Gasteiger partial charge in [-0.3, -0.25) is 4.79 Å². The van der Waals surface area contributed by atoms with Gasteiger partial charge in [0.05, 0.1) is 11.8 Å². The minimum Gasteiger partial charge on any atom is -0.475 e. The Labute approximate surface area is 64.3 Å². The molecule has 1 rings (SSSR count). The smallest absolute Gasteiger partial charge is 0.188 e. The summed E-state index contributed by atoms with van der Waals surface area (Å²) >= 11 is 0. The van der Waals surface area contributed by atoms with Crippen LogP contribution < -0.4 is 0 Å². The molecule has 0 atom stereocenters. The van der Waals surface area contributed by atoms with Crippen molar-refractivity contribution in [2.45, 2.75) is 0 Å². The Kier molecular flexibility index (Phi) is 2.63. The molecular weight excluding hydrogens is 144 g/mol. The van der Waals surface area contributed by atoms with Gasteiger partial charge in [-0.15, -0.1) is 0 Å². The Hall–Kier alpha value is -1.35. The Morgan fingerprint density at radius 2 is 2.18 bits per heavy atom. The van der Waals surface area contributed by atoms with E-state index in [1.165, 1.54) is 12.3 Å². The summed E-state index contributed by atoms with van der Waals surface area (Å²) in [7, 11) is 0. The molecule has 0 saturated heterocycles. The van der Waals surface area contributed by atoms with Crippen molar-refractivity contribution in [3.05, 3.63) is 36.1 Å². The number of ether oxygens (including phenoxy) is 1. The highest BCUT2D eigenvalue weighted by atomic mass is 16.6. The molecule has 0 aromatic rings. The van der Waals surface area contributed by atoms with Gasteiger partial charge in [0, 0.05) is 0 Å². The summed E-state index contributed by atoms with van der Waals surface area (Å²) in [5.74, 6) is -0.110. The lowest BCUT2D eigenvalue weighted by molar-refractivity contribution is -0.111. The molecule has 1 aliphatic carbocycles. The van der Waals surface area contributed by atoms with Crippen LogP contribution in [0.1, 0.15) is 0 Å². The van der Waals surface area contributed by atoms with E-state index in [2.05, 4.69) is 4.74 Å². The number of carbonyl (C=O) groups excluding carboxylic acids is 1. The fourth-order valence-electron chi connectivity index (χ4n) is 0.705. The van der Waals surface area contributed by atoms with Gasteiger partial charge in [-0.2, -0.15) is 0 Å². The maximum absolute atomic E-state index is 10.9. The van der Waals surface area contributed by atoms with E-state index in [9.17, 15) is 4.79 Å². The van der Waals surface area contributed by atoms with E-state index >= 15 is 0 Å². The zero-order chi connectivity index (χ0) is 8.10. The maximum atomic E-state index is 10.9. The summed E-state index contributed by atoms with van der Waals surface area (Å²) in [5.41, 5.74) is 0.446. The second kappa shape index (κ2) is 3.73. The van der Waals surface area contributed by atoms with Crippen LogP contribution in [-0.4, -0.2) is 17.7 Å². The molecule has 0 fully saturated rings. The molecule has 3 heteroatoms. The average molecular weight is 152 g/mol. The number of aliphatic hydroxyl groups excluding tert-OH is 1. The summed E-state index contributed by atoms with van der Waals surface area (Å²) in [6.45, 7) is -0.408. The highest BCUT2D eigenvalue weighted by Crippen LogP contribution is 2.05. The van der Waals surface area contributed by atoms with Gasteiger partial charge < -0.3 is 9.84 Å². The quantitative estimate of drug-likeness (QED) is 0.356. The van der Waals surface area contributed by atoms with E-state index in [4.69, 9.17) is 5.11 Å². The normalized spacial score (nSPS) is 19.4. The van der Waals surface area contributed by atoms with Crippen LogP contribution in [0.2, 0.25) is 0 Å². The first kappa shape index (κ1) is 7.75. The summed E-state index contributed by atoms with van der Waals surface area (Å²) in [6, 6.07) is 0. The van der Waals surface area contributed by atoms with E-state index in [1.54, 1.807) is 18.2 Å². The lowest BCUT2D eigenvalue weighted by atomic mass is 10.1. The Morgan fingerprint density at radius 1 is 1.45 bits per heavy atom. The fraction of sp³-hybridized carbons (Fsp3) is 0.125. The van der Waals surface area contributed by atoms with Crippen LogP contribution in [0.15, 0.2) is 36.1 Å². The molecule has 0 saturated carbocycles. The van der Waals surface area contributed by atoms with Crippen LogP contribution in [0.25, 0.3) is 0 Å². The SMILES string of the molecule is O=C1C=CC=CC1=COCO. The highest BCUT2D eigenvalue weighted by molar-refractivity contribution is 6.07. The highest BCUT2D eigenvalue weighted by Gasteiger charge is 2.04. The number of allylic oxidation sites excluding steroid dienone is 5. The lowest BCUT2D eigenvalue weighted by Gasteiger charge is -2.00. The fourth-order valence-corrected chi connectivity index (χ4v) is 0.705. The Balaban J connectivity index is 2.65. The van der Waals surface area contributed by atoms with Gasteiger partial charge in [0.25, 0.3) is 0 Å². The minimum absolute atomic E-state index is 0.110. The first-order valence-electron chi connectivity index (χ1n) is 3.16. The molecule has 0 spiro atoms. The van der Waals surface area contributed by atoms with Crippen molar-refractivity contribution in [1.29, 1.82) is 0 Å². The molecule has 0 aromatic heterocycles. The molecule has 58 valence electrons. The standard InChI is InChI=1S/C8H8O3/c9-6-11-5-7-3-1-2-4-8(7)10/h1-5,9H,6H2. The third-order valence-electron chi connectivity index (χ3n) is 1.20. The van der Waals surface area contributed by atoms with Crippen LogP contribution in [0.4, 0.5) is 0 Å². The van der Waals surface area contributed by atoms with E-state index in [-0.39, 0.29) is 5.78 Å². The van der Waals surface area contributed by atoms with Gasteiger partial charge in [0.2, 0.25) is 0 Å². The molecule has 0 radical (unpaired) electrons. The van der Waals surface area contributed by atoms with Crippen LogP contribution in [0.3, 0.4) is 0 Å². The van der Waals surface area contributed by atoms with E-state index in [0.29, 0.717) is 5.57 Å². The van der Waals surface area contributed by atoms with Gasteiger partial charge in [-0.25, -0.2) is 0 Å². The summed E-state index contributed by atoms with van der Waals surface area (Å²) < 4.78 is 4.53. The van der Waals surface area contributed by atoms with Crippen molar-refractivity contribution >= 4 is 5.78 Å². The van der Waals surface area contributed by atoms with Crippen molar-refractivity contribution in [2.24, 2.45) is 0 Å². The Bertz CT molecular complexity index is 236. The number of rotatable bonds is 2. The topological polar surface area (TPSA) is 46.5 Å². The van der Waals surface area contributed by atoms with Gasteiger partial charge in [-0.1, -0.05) is 12.2 Å². The monoisotopic (exact) mass is 152 g/mol. The molecular formula is C8H8O3. The largest absolute Gasteiger partial charge is 0.475 e. The van der Waals surface area contributed by atoms with Crippen molar-refractivity contribution in [2.75, 3.05) is 6.79 Å². The number of hydrogen-bond acceptors (Lipinski definition) is 3. The third kappa shape index (κ3) is 2.05. The van der Waals surface area contributed by atoms with Crippen LogP contribution in [-0.2, 0) is 9.53 Å². The first-order chi connectivity index (χ1) is 5.34. The van der Waals surface area contributed by atoms with Gasteiger partial charge >= 0.3 is 0 Å². The van der Waals surface area contributed by atoms with E-state index < -0.39 is 6.79 Å². The molecule has 11 heavy (non-hydrogen) atoms. The number of carbonyl (C=O) groups is 1. The summed E-state index contributed by atoms with van der Waals surface area (Å²) in [6.07, 6.45) is 7.68. The molecule has 0 unspecified atom stereocenters. The molecule has 1 aliphatic rings. The third-order valence-corrected chi connectivity index (χ3v) is 1.20. The molecule has 0 amide bonds. The summed E-state index contributed by atoms with van der Waals surface area (Å²) in [4.78, 5) is 10.9. The van der Waals surface area contributed by atoms with Crippen LogP contribution >= 0.6 is 0 Å². The van der Waals surface area contributed by atoms with Crippen molar-refractivity contribution in [1.82, 2.24) is 0 Å². The second-order valence-electron chi connectivity index (χ2n) is 1.95. The summed E-state index contributed by atoms with van der Waals surface area (Å²) in [5, 5.41) is 8.26. The first-order valence-corrected chi connectivity index (χ1v) is 3.16. The van der Waals surface area contributed by atoms with Gasteiger partial charge in [0.15, 0.2) is 12.6 Å². The molecule has 0 aromatic carbocycles. The maximum Gasteiger partial charge on any atom is 0.188 e. The zero-order valence-corrected chi connectivity index (χ0v) is 5.86. The van der Waals surface area contributed by atoms with Crippen molar-refractivity contribution in [3.8, 4) is 0 Å². The van der Waals surface area contributed by atoms with Crippen molar-refractivity contribution in [3.63, 3.8) is 0 Å². The van der Waals surface area contributed by atoms with Crippen LogP contribution in [0.5, 0.6) is 0 Å². The number of aliphatic hydroxyl groups is 1. The van der Waals surface area contributed by atoms with Gasteiger partial charge in [-0.05, 0) is 12.2 Å². The lowest BCUT2D eigenvalue weighted by Crippen LogP contribution is -1.99. The number of hydrogen-bond donors (Lipinski definition) is 1. The predicted octanol–water partition coefficient (Wildman–Crippen LogP) is 0.532. The predicted molar refractivity (Wildman–Crippen MR) is 39.5 cm³/mol. The van der Waals surface area contributed by atoms with Gasteiger partial charge in [0.1, 0.15) is 0 Å². The second-order valence-corrected chi connectivity index (χ2v) is 1.95.